The Hall–Kier alpha value is -1.72. The van der Waals surface area contributed by atoms with Crippen LogP contribution in [0.1, 0.15) is 36.4 Å². The van der Waals surface area contributed by atoms with Gasteiger partial charge in [-0.15, -0.1) is 0 Å². The van der Waals surface area contributed by atoms with Gasteiger partial charge in [0.1, 0.15) is 5.82 Å². The fourth-order valence-electron chi connectivity index (χ4n) is 2.47. The summed E-state index contributed by atoms with van der Waals surface area (Å²) in [6.45, 7) is -0.0806. The van der Waals surface area contributed by atoms with Gasteiger partial charge in [0.25, 0.3) is 5.92 Å². The molecule has 3 rings (SSSR count). The normalized spacial score (nSPS) is 21.7. The van der Waals surface area contributed by atoms with Crippen LogP contribution >= 0.6 is 0 Å². The van der Waals surface area contributed by atoms with Gasteiger partial charge >= 0.3 is 0 Å². The van der Waals surface area contributed by atoms with Crippen LogP contribution in [-0.2, 0) is 0 Å². The average Bonchev–Trinajstić information content (AvgIpc) is 3.13. The van der Waals surface area contributed by atoms with Crippen molar-refractivity contribution in [3.8, 4) is 0 Å². The number of alkyl halides is 2. The number of nitrogens with two attached hydrogens (primary N) is 1. The van der Waals surface area contributed by atoms with Crippen LogP contribution in [0.2, 0.25) is 0 Å². The van der Waals surface area contributed by atoms with Crippen LogP contribution < -0.4 is 10.6 Å². The van der Waals surface area contributed by atoms with Gasteiger partial charge in [0, 0.05) is 36.5 Å². The zero-order chi connectivity index (χ0) is 13.6. The molecule has 0 bridgehead atoms. The highest BCUT2D eigenvalue weighted by Gasteiger charge is 2.40. The topological polar surface area (TPSA) is 66.0 Å². The molecular formula is C13H16F2N4. The molecule has 0 amide bonds. The van der Waals surface area contributed by atoms with Crippen LogP contribution in [0, 0.1) is 5.41 Å². The summed E-state index contributed by atoms with van der Waals surface area (Å²) in [6.07, 6.45) is 3.09. The molecule has 0 aromatic carbocycles. The number of hydrogen-bond donors (Lipinski definition) is 2. The number of hydrogen-bond acceptors (Lipinski definition) is 4. The molecule has 1 aromatic heterocycles. The van der Waals surface area contributed by atoms with Crippen molar-refractivity contribution < 1.29 is 8.78 Å². The second-order valence-electron chi connectivity index (χ2n) is 5.32. The molecule has 0 radical (unpaired) electrons. The summed E-state index contributed by atoms with van der Waals surface area (Å²) in [5, 5.41) is 7.42. The van der Waals surface area contributed by atoms with E-state index >= 15 is 0 Å². The number of nitrogens with one attached hydrogen (secondary N) is 1. The van der Waals surface area contributed by atoms with E-state index in [2.05, 4.69) is 4.98 Å². The Morgan fingerprint density at radius 3 is 2.74 bits per heavy atom. The lowest BCUT2D eigenvalue weighted by Crippen LogP contribution is -2.27. The Morgan fingerprint density at radius 2 is 2.21 bits per heavy atom. The van der Waals surface area contributed by atoms with Crippen molar-refractivity contribution in [1.82, 2.24) is 4.98 Å². The minimum atomic E-state index is -2.68. The summed E-state index contributed by atoms with van der Waals surface area (Å²) < 4.78 is 26.7. The average molecular weight is 266 g/mol. The van der Waals surface area contributed by atoms with E-state index in [9.17, 15) is 8.78 Å². The summed E-state index contributed by atoms with van der Waals surface area (Å²) in [5.41, 5.74) is 7.70. The highest BCUT2D eigenvalue weighted by Crippen LogP contribution is 2.42. The van der Waals surface area contributed by atoms with Crippen molar-refractivity contribution in [3.05, 3.63) is 17.3 Å². The molecule has 3 N–H and O–H groups in total. The lowest BCUT2D eigenvalue weighted by Gasteiger charge is -2.21. The summed E-state index contributed by atoms with van der Waals surface area (Å²) in [5.74, 6) is -1.83. The summed E-state index contributed by atoms with van der Waals surface area (Å²) in [4.78, 5) is 6.02. The quantitative estimate of drug-likeness (QED) is 0.825. The number of halogens is 2. The second-order valence-corrected chi connectivity index (χ2v) is 5.32. The zero-order valence-electron chi connectivity index (χ0n) is 10.5. The van der Waals surface area contributed by atoms with E-state index in [1.807, 2.05) is 0 Å². The molecule has 1 saturated carbocycles. The number of nitrogen functional groups attached to an aromatic ring is 1. The number of rotatable bonds is 3. The molecule has 6 heteroatoms. The van der Waals surface area contributed by atoms with Gasteiger partial charge < -0.3 is 16.0 Å². The van der Waals surface area contributed by atoms with Crippen LogP contribution in [0.4, 0.5) is 20.3 Å². The predicted octanol–water partition coefficient (Wildman–Crippen LogP) is 2.38. The second kappa shape index (κ2) is 4.15. The number of aromatic nitrogens is 1. The van der Waals surface area contributed by atoms with Gasteiger partial charge in [-0.05, 0) is 18.9 Å². The Bertz CT molecular complexity index is 526. The Balaban J connectivity index is 2.00. The minimum absolute atomic E-state index is 0.167. The first kappa shape index (κ1) is 12.3. The molecule has 2 heterocycles. The van der Waals surface area contributed by atoms with Crippen LogP contribution in [0.25, 0.3) is 0 Å². The molecule has 0 spiro atoms. The molecule has 2 fully saturated rings. The van der Waals surface area contributed by atoms with Crippen molar-refractivity contribution >= 4 is 17.7 Å². The smallest absolute Gasteiger partial charge is 0.266 e. The third kappa shape index (κ3) is 2.27. The SMILES string of the molecule is N=Cc1c(N)cc(C2CC2)nc1N1CCC(F)(F)C1. The summed E-state index contributed by atoms with van der Waals surface area (Å²) in [6, 6.07) is 1.77. The van der Waals surface area contributed by atoms with Gasteiger partial charge in [-0.1, -0.05) is 0 Å². The van der Waals surface area contributed by atoms with Gasteiger partial charge in [-0.2, -0.15) is 0 Å². The van der Waals surface area contributed by atoms with Crippen LogP contribution in [-0.4, -0.2) is 30.2 Å². The van der Waals surface area contributed by atoms with E-state index in [0.717, 1.165) is 24.8 Å². The summed E-state index contributed by atoms with van der Waals surface area (Å²) >= 11 is 0. The largest absolute Gasteiger partial charge is 0.398 e. The highest BCUT2D eigenvalue weighted by atomic mass is 19.3. The first-order valence-electron chi connectivity index (χ1n) is 6.44. The summed E-state index contributed by atoms with van der Waals surface area (Å²) in [7, 11) is 0. The van der Waals surface area contributed by atoms with Crippen LogP contribution in [0.5, 0.6) is 0 Å². The maximum absolute atomic E-state index is 13.3. The van der Waals surface area contributed by atoms with E-state index in [1.165, 1.54) is 0 Å². The predicted molar refractivity (Wildman–Crippen MR) is 70.3 cm³/mol. The Labute approximate surface area is 110 Å². The maximum atomic E-state index is 13.3. The van der Waals surface area contributed by atoms with Gasteiger partial charge in [-0.3, -0.25) is 0 Å². The standard InChI is InChI=1S/C13H16F2N4/c14-13(15)3-4-19(7-13)12-9(6-16)10(17)5-11(18-12)8-1-2-8/h5-6,8,16H,1-4,7H2,(H2,17,18). The molecule has 4 nitrogen and oxygen atoms in total. The molecule has 1 aliphatic heterocycles. The first-order valence-corrected chi connectivity index (χ1v) is 6.44. The van der Waals surface area contributed by atoms with E-state index in [0.29, 0.717) is 23.0 Å². The minimum Gasteiger partial charge on any atom is -0.398 e. The van der Waals surface area contributed by atoms with Crippen LogP contribution in [0.3, 0.4) is 0 Å². The zero-order valence-corrected chi connectivity index (χ0v) is 10.5. The highest BCUT2D eigenvalue weighted by molar-refractivity contribution is 5.92. The maximum Gasteiger partial charge on any atom is 0.266 e. The Kier molecular flexibility index (Phi) is 2.69. The monoisotopic (exact) mass is 266 g/mol. The van der Waals surface area contributed by atoms with Crippen molar-refractivity contribution in [2.24, 2.45) is 0 Å². The number of pyridine rings is 1. The number of nitrogens with zero attached hydrogens (tertiary/aromatic N) is 2. The molecule has 0 unspecified atom stereocenters. The van der Waals surface area contributed by atoms with Gasteiger partial charge in [0.2, 0.25) is 0 Å². The molecule has 0 atom stereocenters. The van der Waals surface area contributed by atoms with Crippen molar-refractivity contribution in [2.75, 3.05) is 23.7 Å². The molecule has 102 valence electrons. The molecule has 19 heavy (non-hydrogen) atoms. The fraction of sp³-hybridized carbons (Fsp3) is 0.538. The van der Waals surface area contributed by atoms with Gasteiger partial charge in [0.05, 0.1) is 12.1 Å². The fourth-order valence-corrected chi connectivity index (χ4v) is 2.47. The van der Waals surface area contributed by atoms with E-state index in [4.69, 9.17) is 11.1 Å². The van der Waals surface area contributed by atoms with Crippen molar-refractivity contribution in [1.29, 1.82) is 5.41 Å². The van der Waals surface area contributed by atoms with Crippen molar-refractivity contribution in [2.45, 2.75) is 31.1 Å². The van der Waals surface area contributed by atoms with Crippen molar-refractivity contribution in [3.63, 3.8) is 0 Å². The molecule has 1 aliphatic carbocycles. The Morgan fingerprint density at radius 1 is 1.47 bits per heavy atom. The van der Waals surface area contributed by atoms with Gasteiger partial charge in [0.15, 0.2) is 0 Å². The third-order valence-corrected chi connectivity index (χ3v) is 3.70. The molecular weight excluding hydrogens is 250 g/mol. The first-order chi connectivity index (χ1) is 9.00. The van der Waals surface area contributed by atoms with E-state index in [1.54, 1.807) is 11.0 Å². The molecule has 1 aromatic rings. The molecule has 2 aliphatic rings. The van der Waals surface area contributed by atoms with E-state index < -0.39 is 5.92 Å². The molecule has 1 saturated heterocycles. The van der Waals surface area contributed by atoms with Gasteiger partial charge in [-0.25, -0.2) is 13.8 Å². The third-order valence-electron chi connectivity index (χ3n) is 3.70. The van der Waals surface area contributed by atoms with E-state index in [-0.39, 0.29) is 19.5 Å². The lowest BCUT2D eigenvalue weighted by atomic mass is 10.1. The lowest BCUT2D eigenvalue weighted by molar-refractivity contribution is 0.0256. The van der Waals surface area contributed by atoms with Crippen LogP contribution in [0.15, 0.2) is 6.07 Å². The number of anilines is 2.